The van der Waals surface area contributed by atoms with Crippen molar-refractivity contribution in [3.8, 4) is 5.82 Å². The van der Waals surface area contributed by atoms with E-state index in [4.69, 9.17) is 9.26 Å². The summed E-state index contributed by atoms with van der Waals surface area (Å²) in [5.74, 6) is -1.91. The van der Waals surface area contributed by atoms with Crippen molar-refractivity contribution in [2.45, 2.75) is 44.6 Å². The van der Waals surface area contributed by atoms with Crippen molar-refractivity contribution in [3.05, 3.63) is 35.4 Å². The highest BCUT2D eigenvalue weighted by atomic mass is 19.1. The lowest BCUT2D eigenvalue weighted by atomic mass is 9.66. The van der Waals surface area contributed by atoms with E-state index in [1.165, 1.54) is 4.68 Å². The fourth-order valence-corrected chi connectivity index (χ4v) is 6.32. The van der Waals surface area contributed by atoms with E-state index in [9.17, 15) is 14.4 Å². The highest BCUT2D eigenvalue weighted by molar-refractivity contribution is 6.20. The molecule has 4 aliphatic rings. The van der Waals surface area contributed by atoms with Gasteiger partial charge in [0.2, 0.25) is 23.2 Å². The maximum Gasteiger partial charge on any atom is 0.328 e. The number of hydrogen-bond acceptors (Lipinski definition) is 10. The molecule has 13 nitrogen and oxygen atoms in total. The van der Waals surface area contributed by atoms with E-state index in [0.717, 1.165) is 5.56 Å². The van der Waals surface area contributed by atoms with E-state index in [1.54, 1.807) is 42.7 Å². The second-order valence-electron chi connectivity index (χ2n) is 10.3. The molecule has 2 aromatic heterocycles. The smallest absolute Gasteiger partial charge is 0.328 e. The number of ether oxygens (including phenoxy) is 1. The molecule has 3 aromatic rings. The molecule has 1 spiro atoms. The van der Waals surface area contributed by atoms with Gasteiger partial charge in [0.05, 0.1) is 48.1 Å². The molecule has 0 bridgehead atoms. The van der Waals surface area contributed by atoms with E-state index >= 15 is 4.39 Å². The highest BCUT2D eigenvalue weighted by Crippen LogP contribution is 2.49. The van der Waals surface area contributed by atoms with Gasteiger partial charge in [-0.25, -0.2) is 13.9 Å². The van der Waals surface area contributed by atoms with Crippen LogP contribution < -0.4 is 15.5 Å². The molecule has 200 valence electrons. The average molecular weight is 535 g/mol. The van der Waals surface area contributed by atoms with Crippen LogP contribution in [0.25, 0.3) is 16.8 Å². The number of halogens is 1. The molecule has 1 unspecified atom stereocenters. The highest BCUT2D eigenvalue weighted by Gasteiger charge is 2.63. The number of nitrogens with one attached hydrogen (secondary N) is 2. The van der Waals surface area contributed by atoms with Gasteiger partial charge in [0.15, 0.2) is 11.2 Å². The number of hydrogen-bond donors (Lipinski definition) is 2. The zero-order chi connectivity index (χ0) is 27.1. The second kappa shape index (κ2) is 8.27. The summed E-state index contributed by atoms with van der Waals surface area (Å²) in [6.07, 6.45) is 5.53. The number of rotatable bonds is 2. The zero-order valence-corrected chi connectivity index (χ0v) is 20.9. The summed E-state index contributed by atoms with van der Waals surface area (Å²) >= 11 is 0. The molecule has 2 saturated heterocycles. The molecule has 4 amide bonds. The van der Waals surface area contributed by atoms with Gasteiger partial charge in [0, 0.05) is 37.2 Å². The summed E-state index contributed by atoms with van der Waals surface area (Å²) in [5, 5.41) is 13.3. The molecule has 2 N–H and O–H groups in total. The first-order chi connectivity index (χ1) is 18.8. The number of aliphatic imine (C=N–C) groups is 2. The lowest BCUT2D eigenvalue weighted by molar-refractivity contribution is -0.153. The number of anilines is 1. The third-order valence-corrected chi connectivity index (χ3v) is 7.87. The van der Waals surface area contributed by atoms with Gasteiger partial charge in [-0.15, -0.1) is 0 Å². The Labute approximate surface area is 220 Å². The average Bonchev–Trinajstić information content (AvgIpc) is 3.55. The number of urea groups is 1. The topological polar surface area (TPSA) is 156 Å². The minimum absolute atomic E-state index is 0.0738. The van der Waals surface area contributed by atoms with Crippen LogP contribution in [0, 0.1) is 11.2 Å². The summed E-state index contributed by atoms with van der Waals surface area (Å²) < 4.78 is 29.2. The maximum absolute atomic E-state index is 16.3. The van der Waals surface area contributed by atoms with Crippen LogP contribution in [0.3, 0.4) is 0 Å². The van der Waals surface area contributed by atoms with Crippen molar-refractivity contribution < 1.29 is 28.0 Å². The lowest BCUT2D eigenvalue weighted by Crippen LogP contribution is -2.75. The number of nitrogens with zero attached hydrogens (tertiary/aromatic N) is 6. The van der Waals surface area contributed by atoms with Gasteiger partial charge in [-0.3, -0.25) is 30.2 Å². The number of amides is 4. The molecule has 7 rings (SSSR count). The van der Waals surface area contributed by atoms with E-state index in [0.29, 0.717) is 17.5 Å². The number of aromatic nitrogens is 3. The Balaban J connectivity index is 1.38. The van der Waals surface area contributed by atoms with E-state index in [1.807, 2.05) is 6.92 Å². The predicted molar refractivity (Wildman–Crippen MR) is 135 cm³/mol. The van der Waals surface area contributed by atoms with Crippen molar-refractivity contribution in [3.63, 3.8) is 0 Å². The summed E-state index contributed by atoms with van der Waals surface area (Å²) in [4.78, 5) is 49.0. The number of imide groups is 2. The molecule has 0 radical (unpaired) electrons. The maximum atomic E-state index is 16.3. The van der Waals surface area contributed by atoms with Crippen LogP contribution in [-0.4, -0.2) is 76.6 Å². The van der Waals surface area contributed by atoms with Crippen molar-refractivity contribution in [2.75, 3.05) is 18.0 Å². The van der Waals surface area contributed by atoms with Crippen LogP contribution in [0.1, 0.15) is 31.0 Å². The minimum atomic E-state index is -1.73. The first-order valence-corrected chi connectivity index (χ1v) is 12.5. The van der Waals surface area contributed by atoms with Gasteiger partial charge in [-0.1, -0.05) is 5.16 Å². The third-order valence-electron chi connectivity index (χ3n) is 7.87. The molecule has 4 aliphatic heterocycles. The van der Waals surface area contributed by atoms with Crippen LogP contribution in [0.2, 0.25) is 0 Å². The molecule has 1 aromatic carbocycles. The number of fused-ring (bicyclic) bond motifs is 5. The molecule has 4 atom stereocenters. The van der Waals surface area contributed by atoms with Gasteiger partial charge in [0.25, 0.3) is 0 Å². The second-order valence-corrected chi connectivity index (χ2v) is 10.3. The molecule has 0 saturated carbocycles. The SMILES string of the molecule is C[C@@H]1CN2c3c(cc4c(-n5cc(C6CN=CC=N6)cn5)noc4c3F)CC3(C(=O)NC(=O)NC3=O)[C@H]2[C@H](C)O1. The Bertz CT molecular complexity index is 1610. The Kier molecular flexibility index (Phi) is 5.01. The first kappa shape index (κ1) is 23.6. The fourth-order valence-electron chi connectivity index (χ4n) is 6.32. The first-order valence-electron chi connectivity index (χ1n) is 12.5. The van der Waals surface area contributed by atoms with E-state index < -0.39 is 41.2 Å². The quantitative estimate of drug-likeness (QED) is 0.465. The third kappa shape index (κ3) is 3.30. The van der Waals surface area contributed by atoms with Crippen LogP contribution >= 0.6 is 0 Å². The molecular weight excluding hydrogens is 511 g/mol. The van der Waals surface area contributed by atoms with Gasteiger partial charge >= 0.3 is 6.03 Å². The lowest BCUT2D eigenvalue weighted by Gasteiger charge is -2.55. The Morgan fingerprint density at radius 3 is 2.69 bits per heavy atom. The molecule has 14 heteroatoms. The van der Waals surface area contributed by atoms with E-state index in [2.05, 4.69) is 30.9 Å². The summed E-state index contributed by atoms with van der Waals surface area (Å²) in [5.41, 5.74) is -0.376. The Morgan fingerprint density at radius 2 is 1.95 bits per heavy atom. The molecular formula is C25H23FN8O5. The molecule has 6 heterocycles. The number of carbonyl (C=O) groups is 3. The van der Waals surface area contributed by atoms with Crippen molar-refractivity contribution in [2.24, 2.45) is 15.4 Å². The number of carbonyl (C=O) groups excluding carboxylic acids is 3. The number of barbiturate groups is 1. The summed E-state index contributed by atoms with van der Waals surface area (Å²) in [6.45, 7) is 4.26. The fraction of sp³-hybridized carbons (Fsp3) is 0.400. The van der Waals surface area contributed by atoms with Gasteiger partial charge < -0.3 is 14.2 Å². The summed E-state index contributed by atoms with van der Waals surface area (Å²) in [7, 11) is 0. The standard InChI is InChI=1S/C25H23FN8O5/c1-11-9-33-18-13(6-25(20(33)12(2)38-11)22(35)30-24(37)31-23(25)36)5-15-19(17(18)26)39-32-21(15)34-10-14(7-29-34)16-8-27-3-4-28-16/h3-5,7,10-12,16,20H,6,8-9H2,1-2H3,(H2,30,31,35,36,37)/t11-,12+,16?,20-/m1/s1. The minimum Gasteiger partial charge on any atom is -0.372 e. The monoisotopic (exact) mass is 534 g/mol. The largest absolute Gasteiger partial charge is 0.372 e. The predicted octanol–water partition coefficient (Wildman–Crippen LogP) is 1.24. The van der Waals surface area contributed by atoms with Crippen LogP contribution in [0.15, 0.2) is 33.0 Å². The molecule has 0 aliphatic carbocycles. The van der Waals surface area contributed by atoms with Crippen molar-refractivity contribution in [1.82, 2.24) is 25.6 Å². The zero-order valence-electron chi connectivity index (χ0n) is 20.9. The van der Waals surface area contributed by atoms with Crippen LogP contribution in [0.4, 0.5) is 14.9 Å². The number of benzene rings is 1. The molecule has 2 fully saturated rings. The van der Waals surface area contributed by atoms with Crippen molar-refractivity contribution >= 4 is 46.9 Å². The normalized spacial score (nSPS) is 27.5. The molecule has 39 heavy (non-hydrogen) atoms. The van der Waals surface area contributed by atoms with Crippen LogP contribution in [0.5, 0.6) is 0 Å². The summed E-state index contributed by atoms with van der Waals surface area (Å²) in [6, 6.07) is -0.282. The van der Waals surface area contributed by atoms with Crippen LogP contribution in [-0.2, 0) is 20.7 Å². The Hall–Kier alpha value is -4.46. The van der Waals surface area contributed by atoms with E-state index in [-0.39, 0.29) is 42.2 Å². The van der Waals surface area contributed by atoms with Crippen molar-refractivity contribution in [1.29, 1.82) is 0 Å². The van der Waals surface area contributed by atoms with Gasteiger partial charge in [0.1, 0.15) is 0 Å². The number of morpholine rings is 1. The van der Waals surface area contributed by atoms with Gasteiger partial charge in [-0.05, 0) is 25.5 Å². The Morgan fingerprint density at radius 1 is 1.15 bits per heavy atom. The van der Waals surface area contributed by atoms with Gasteiger partial charge in [-0.2, -0.15) is 5.10 Å².